The summed E-state index contributed by atoms with van der Waals surface area (Å²) in [6, 6.07) is 22.2. The van der Waals surface area contributed by atoms with E-state index in [1.807, 2.05) is 59.2 Å². The molecule has 11 heteroatoms. The fraction of sp³-hybridized carbons (Fsp3) is 0.545. The number of anilines is 2. The van der Waals surface area contributed by atoms with Gasteiger partial charge in [0.05, 0.1) is 64.8 Å². The maximum atomic E-state index is 14.0. The molecule has 2 fully saturated rings. The fourth-order valence-electron chi connectivity index (χ4n) is 9.33. The van der Waals surface area contributed by atoms with E-state index in [2.05, 4.69) is 49.6 Å². The molecule has 3 aliphatic heterocycles. The van der Waals surface area contributed by atoms with Crippen LogP contribution >= 0.6 is 0 Å². The number of aliphatic hydroxyl groups excluding tert-OH is 2. The maximum absolute atomic E-state index is 14.0. The number of likely N-dealkylation sites (tertiary alicyclic amines) is 1. The van der Waals surface area contributed by atoms with Crippen molar-refractivity contribution in [3.63, 3.8) is 0 Å². The predicted octanol–water partition coefficient (Wildman–Crippen LogP) is 5.74. The van der Waals surface area contributed by atoms with Gasteiger partial charge in [0.2, 0.25) is 11.8 Å². The first kappa shape index (κ1) is 40.9. The molecule has 55 heavy (non-hydrogen) atoms. The number of nitrogens with zero attached hydrogens (tertiary/aromatic N) is 2. The van der Waals surface area contributed by atoms with Crippen LogP contribution in [0.1, 0.15) is 63.5 Å². The van der Waals surface area contributed by atoms with Gasteiger partial charge in [-0.25, -0.2) is 0 Å². The summed E-state index contributed by atoms with van der Waals surface area (Å²) in [6.45, 7) is 11.1. The summed E-state index contributed by atoms with van der Waals surface area (Å²) in [5, 5.41) is 24.0. The van der Waals surface area contributed by atoms with Crippen LogP contribution in [-0.2, 0) is 27.2 Å². The van der Waals surface area contributed by atoms with Gasteiger partial charge in [-0.1, -0.05) is 49.5 Å². The molecule has 2 amide bonds. The molecule has 3 aromatic rings. The Morgan fingerprint density at radius 1 is 1.00 bits per heavy atom. The zero-order valence-corrected chi connectivity index (χ0v) is 34.3. The lowest BCUT2D eigenvalue weighted by molar-refractivity contribution is -0.135. The normalized spacial score (nSPS) is 23.9. The van der Waals surface area contributed by atoms with Crippen LogP contribution in [0.25, 0.3) is 0 Å². The van der Waals surface area contributed by atoms with Crippen LogP contribution in [0, 0.1) is 5.92 Å². The van der Waals surface area contributed by atoms with Gasteiger partial charge in [-0.15, -0.1) is 0 Å². The average Bonchev–Trinajstić information content (AvgIpc) is 3.80. The van der Waals surface area contributed by atoms with Crippen molar-refractivity contribution in [2.75, 3.05) is 44.9 Å². The number of fused-ring (bicyclic) bond motifs is 1. The Balaban J connectivity index is 1.19. The minimum absolute atomic E-state index is 0.000772. The van der Waals surface area contributed by atoms with E-state index in [0.717, 1.165) is 60.5 Å². The second-order valence-electron chi connectivity index (χ2n) is 16.1. The highest BCUT2D eigenvalue weighted by molar-refractivity contribution is 6.91. The van der Waals surface area contributed by atoms with Gasteiger partial charge in [0.25, 0.3) is 0 Å². The van der Waals surface area contributed by atoms with Crippen LogP contribution in [0.2, 0.25) is 18.6 Å². The molecule has 0 aliphatic carbocycles. The van der Waals surface area contributed by atoms with Gasteiger partial charge in [0.1, 0.15) is 11.5 Å². The van der Waals surface area contributed by atoms with E-state index < -0.39 is 8.07 Å². The molecule has 3 aliphatic rings. The second-order valence-corrected chi connectivity index (χ2v) is 20.7. The number of ether oxygens (including phenoxy) is 3. The molecule has 2 saturated heterocycles. The first-order valence-corrected chi connectivity index (χ1v) is 23.4. The Morgan fingerprint density at radius 3 is 2.44 bits per heavy atom. The zero-order valence-electron chi connectivity index (χ0n) is 33.3. The second kappa shape index (κ2) is 18.5. The van der Waals surface area contributed by atoms with E-state index in [0.29, 0.717) is 39.0 Å². The number of hydrogen-bond donors (Lipinski definition) is 3. The van der Waals surface area contributed by atoms with Gasteiger partial charge in [-0.2, -0.15) is 0 Å². The number of benzene rings is 3. The summed E-state index contributed by atoms with van der Waals surface area (Å²) in [5.41, 5.74) is 4.14. The SMILES string of the molecule is CCOc1ccc2c(c1)CC(NCCCCO)C(=O)N2c1ccc(CC[C@@H]2O[C@H](CC(=O)N3CCC[C@H]3CO)[C@@H]([Si](C)(C)c3ccc(OC)cc3)[C@@H]2C)cc1. The van der Waals surface area contributed by atoms with E-state index in [-0.39, 0.29) is 60.8 Å². The average molecular weight is 772 g/mol. The molecule has 1 unspecified atom stereocenters. The first-order valence-electron chi connectivity index (χ1n) is 20.3. The van der Waals surface area contributed by atoms with Gasteiger partial charge in [-0.3, -0.25) is 14.5 Å². The van der Waals surface area contributed by atoms with Crippen LogP contribution in [0.4, 0.5) is 11.4 Å². The summed E-state index contributed by atoms with van der Waals surface area (Å²) in [4.78, 5) is 31.4. The lowest BCUT2D eigenvalue weighted by atomic mass is 9.94. The largest absolute Gasteiger partial charge is 0.497 e. The summed E-state index contributed by atoms with van der Waals surface area (Å²) in [6.07, 6.45) is 5.60. The molecule has 10 nitrogen and oxygen atoms in total. The lowest BCUT2D eigenvalue weighted by Gasteiger charge is -2.36. The number of carbonyl (C=O) groups excluding carboxylic acids is 2. The molecule has 3 heterocycles. The number of carbonyl (C=O) groups is 2. The molecule has 6 atom stereocenters. The number of aryl methyl sites for hydroxylation is 1. The van der Waals surface area contributed by atoms with Gasteiger partial charge < -0.3 is 34.6 Å². The summed E-state index contributed by atoms with van der Waals surface area (Å²) in [7, 11) is -0.457. The van der Waals surface area contributed by atoms with Crippen LogP contribution in [0.5, 0.6) is 11.5 Å². The number of methoxy groups -OCH3 is 1. The van der Waals surface area contributed by atoms with Crippen molar-refractivity contribution in [2.45, 2.75) is 108 Å². The number of amides is 2. The minimum atomic E-state index is -2.14. The van der Waals surface area contributed by atoms with Crippen LogP contribution in [-0.4, -0.2) is 99.3 Å². The third kappa shape index (κ3) is 9.12. The molecule has 0 radical (unpaired) electrons. The van der Waals surface area contributed by atoms with Crippen molar-refractivity contribution in [3.8, 4) is 11.5 Å². The molecule has 0 saturated carbocycles. The molecule has 3 N–H and O–H groups in total. The first-order chi connectivity index (χ1) is 26.6. The Bertz CT molecular complexity index is 1740. The molecular formula is C44H61N3O7Si. The van der Waals surface area contributed by atoms with Crippen molar-refractivity contribution in [3.05, 3.63) is 77.9 Å². The highest BCUT2D eigenvalue weighted by Crippen LogP contribution is 2.47. The van der Waals surface area contributed by atoms with Crippen LogP contribution < -0.4 is 24.9 Å². The monoisotopic (exact) mass is 771 g/mol. The number of hydrogen-bond acceptors (Lipinski definition) is 8. The Labute approximate surface area is 328 Å². The molecule has 298 valence electrons. The molecule has 0 spiro atoms. The molecule has 0 bridgehead atoms. The van der Waals surface area contributed by atoms with E-state index >= 15 is 0 Å². The van der Waals surface area contributed by atoms with E-state index in [4.69, 9.17) is 14.2 Å². The smallest absolute Gasteiger partial charge is 0.249 e. The minimum Gasteiger partial charge on any atom is -0.497 e. The number of unbranched alkanes of at least 4 members (excludes halogenated alkanes) is 1. The summed E-state index contributed by atoms with van der Waals surface area (Å²) >= 11 is 0. The zero-order chi connectivity index (χ0) is 39.1. The van der Waals surface area contributed by atoms with Crippen molar-refractivity contribution >= 4 is 36.4 Å². The third-order valence-corrected chi connectivity index (χ3v) is 16.7. The highest BCUT2D eigenvalue weighted by atomic mass is 28.3. The van der Waals surface area contributed by atoms with Crippen molar-refractivity contribution in [2.24, 2.45) is 5.92 Å². The van der Waals surface area contributed by atoms with E-state index in [1.54, 1.807) is 7.11 Å². The standard InChI is InChI=1S/C44H61N3O7Si/c1-6-53-36-18-21-39-32(26-36)27-38(45-23-7-8-25-48)44(51)47(39)33-14-11-31(12-15-33)13-22-40-30(2)43(55(4,5)37-19-16-35(52-3)17-20-37)41(54-40)28-42(50)46-24-9-10-34(46)29-49/h11-12,14-21,26,30,34,38,40-41,43,45,48-49H,6-10,13,22-25,27-29H2,1-5H3/t30-,34+,38?,40+,41-,43+/m1/s1. The van der Waals surface area contributed by atoms with E-state index in [9.17, 15) is 19.8 Å². The van der Waals surface area contributed by atoms with Gasteiger partial charge in [0.15, 0.2) is 0 Å². The quantitative estimate of drug-likeness (QED) is 0.118. The lowest BCUT2D eigenvalue weighted by Crippen LogP contribution is -2.51. The van der Waals surface area contributed by atoms with E-state index in [1.165, 1.54) is 10.8 Å². The van der Waals surface area contributed by atoms with Crippen molar-refractivity contribution in [1.82, 2.24) is 10.2 Å². The highest BCUT2D eigenvalue weighted by Gasteiger charge is 2.51. The molecule has 3 aromatic carbocycles. The Morgan fingerprint density at radius 2 is 1.75 bits per heavy atom. The maximum Gasteiger partial charge on any atom is 0.249 e. The Kier molecular flexibility index (Phi) is 13.7. The number of aliphatic hydroxyl groups is 2. The summed E-state index contributed by atoms with van der Waals surface area (Å²) < 4.78 is 18.2. The molecule has 0 aromatic heterocycles. The van der Waals surface area contributed by atoms with Gasteiger partial charge in [0, 0.05) is 18.8 Å². The Hall–Kier alpha value is -3.74. The fourth-order valence-corrected chi connectivity index (χ4v) is 13.4. The number of nitrogens with one attached hydrogen (secondary N) is 1. The predicted molar refractivity (Wildman–Crippen MR) is 219 cm³/mol. The number of rotatable bonds is 17. The molecular weight excluding hydrogens is 711 g/mol. The third-order valence-electron chi connectivity index (χ3n) is 12.3. The van der Waals surface area contributed by atoms with Crippen LogP contribution in [0.3, 0.4) is 0 Å². The summed E-state index contributed by atoms with van der Waals surface area (Å²) in [5.74, 6) is 1.97. The van der Waals surface area contributed by atoms with Crippen molar-refractivity contribution in [1.29, 1.82) is 0 Å². The topological polar surface area (TPSA) is 121 Å². The van der Waals surface area contributed by atoms with Crippen molar-refractivity contribution < 1.29 is 34.0 Å². The molecule has 6 rings (SSSR count). The van der Waals surface area contributed by atoms with Crippen LogP contribution in [0.15, 0.2) is 66.7 Å². The van der Waals surface area contributed by atoms with Gasteiger partial charge >= 0.3 is 0 Å². The van der Waals surface area contributed by atoms with Gasteiger partial charge in [-0.05, 0) is 123 Å².